The minimum Gasteiger partial charge on any atom is -0.381 e. The fourth-order valence-corrected chi connectivity index (χ4v) is 2.68. The first-order chi connectivity index (χ1) is 6.40. The monoisotopic (exact) mass is 221 g/mol. The average molecular weight is 221 g/mol. The molecule has 1 rings (SSSR count). The average Bonchev–Trinajstić information content (AvgIpc) is 2.01. The van der Waals surface area contributed by atoms with E-state index in [2.05, 4.69) is 18.6 Å². The fourth-order valence-electron chi connectivity index (χ4n) is 1.84. The van der Waals surface area contributed by atoms with Crippen molar-refractivity contribution in [1.82, 2.24) is 4.72 Å². The first-order valence-electron chi connectivity index (χ1n) is 4.95. The van der Waals surface area contributed by atoms with Crippen molar-refractivity contribution in [1.29, 1.82) is 0 Å². The van der Waals surface area contributed by atoms with Crippen molar-refractivity contribution in [3.63, 3.8) is 0 Å². The molecule has 4 nitrogen and oxygen atoms in total. The Morgan fingerprint density at radius 3 is 2.57 bits per heavy atom. The molecule has 5 heteroatoms. The summed E-state index contributed by atoms with van der Waals surface area (Å²) in [6, 6.07) is 0.0405. The summed E-state index contributed by atoms with van der Waals surface area (Å²) in [4.78, 5) is 0. The van der Waals surface area contributed by atoms with Crippen molar-refractivity contribution in [2.24, 2.45) is 11.8 Å². The van der Waals surface area contributed by atoms with E-state index in [1.807, 2.05) is 0 Å². The van der Waals surface area contributed by atoms with Gasteiger partial charge >= 0.3 is 0 Å². The molecule has 1 fully saturated rings. The molecular weight excluding hydrogens is 202 g/mol. The molecule has 0 spiro atoms. The molecule has 14 heavy (non-hydrogen) atoms. The highest BCUT2D eigenvalue weighted by Crippen LogP contribution is 2.22. The summed E-state index contributed by atoms with van der Waals surface area (Å²) in [6.45, 7) is 5.49. The quantitative estimate of drug-likeness (QED) is 0.759. The molecule has 1 heterocycles. The zero-order chi connectivity index (χ0) is 10.8. The first-order valence-corrected chi connectivity index (χ1v) is 6.84. The van der Waals surface area contributed by atoms with Crippen LogP contribution in [-0.2, 0) is 14.8 Å². The summed E-state index contributed by atoms with van der Waals surface area (Å²) in [5, 5.41) is 0. The van der Waals surface area contributed by atoms with E-state index in [0.717, 1.165) is 6.42 Å². The summed E-state index contributed by atoms with van der Waals surface area (Å²) in [7, 11) is -3.10. The van der Waals surface area contributed by atoms with Crippen LogP contribution in [0.5, 0.6) is 0 Å². The Morgan fingerprint density at radius 2 is 2.07 bits per heavy atom. The van der Waals surface area contributed by atoms with Crippen LogP contribution in [0.1, 0.15) is 20.3 Å². The molecule has 0 aliphatic carbocycles. The van der Waals surface area contributed by atoms with Gasteiger partial charge in [0.15, 0.2) is 0 Å². The maximum absolute atomic E-state index is 11.1. The molecule has 0 aromatic rings. The van der Waals surface area contributed by atoms with Gasteiger partial charge in [0.2, 0.25) is 10.0 Å². The van der Waals surface area contributed by atoms with Crippen molar-refractivity contribution >= 4 is 10.0 Å². The van der Waals surface area contributed by atoms with Gasteiger partial charge in [0.05, 0.1) is 12.9 Å². The van der Waals surface area contributed by atoms with E-state index < -0.39 is 10.0 Å². The molecule has 1 aliphatic heterocycles. The number of rotatable bonds is 3. The molecule has 0 aromatic carbocycles. The van der Waals surface area contributed by atoms with Crippen LogP contribution in [0.4, 0.5) is 0 Å². The molecule has 2 atom stereocenters. The zero-order valence-corrected chi connectivity index (χ0v) is 9.80. The summed E-state index contributed by atoms with van der Waals surface area (Å²) in [6.07, 6.45) is 1.98. The Morgan fingerprint density at radius 1 is 1.43 bits per heavy atom. The zero-order valence-electron chi connectivity index (χ0n) is 8.99. The lowest BCUT2D eigenvalue weighted by Gasteiger charge is -2.34. The van der Waals surface area contributed by atoms with Gasteiger partial charge in [-0.05, 0) is 12.3 Å². The third kappa shape index (κ3) is 3.55. The topological polar surface area (TPSA) is 55.4 Å². The predicted octanol–water partition coefficient (Wildman–Crippen LogP) is 0.597. The second-order valence-electron chi connectivity index (χ2n) is 4.27. The van der Waals surface area contributed by atoms with Crippen LogP contribution in [0.3, 0.4) is 0 Å². The van der Waals surface area contributed by atoms with E-state index >= 15 is 0 Å². The highest BCUT2D eigenvalue weighted by atomic mass is 32.2. The number of ether oxygens (including phenoxy) is 1. The standard InChI is InChI=1S/C9H19NO3S/c1-7(2)8-6-13-5-4-9(8)10-14(3,11)12/h7-10H,4-6H2,1-3H3/t8-,9+/m0/s1. The van der Waals surface area contributed by atoms with Crippen LogP contribution >= 0.6 is 0 Å². The van der Waals surface area contributed by atoms with Gasteiger partial charge in [0, 0.05) is 18.6 Å². The molecule has 84 valence electrons. The fraction of sp³-hybridized carbons (Fsp3) is 1.00. The molecular formula is C9H19NO3S. The minimum absolute atomic E-state index is 0.0405. The summed E-state index contributed by atoms with van der Waals surface area (Å²) in [5.74, 6) is 0.730. The van der Waals surface area contributed by atoms with Crippen molar-refractivity contribution in [2.75, 3.05) is 19.5 Å². The molecule has 0 radical (unpaired) electrons. The van der Waals surface area contributed by atoms with Crippen LogP contribution in [0.25, 0.3) is 0 Å². The van der Waals surface area contributed by atoms with Crippen molar-refractivity contribution < 1.29 is 13.2 Å². The lowest BCUT2D eigenvalue weighted by molar-refractivity contribution is 0.0198. The molecule has 0 saturated carbocycles. The Kier molecular flexibility index (Phi) is 3.92. The lowest BCUT2D eigenvalue weighted by Crippen LogP contribution is -2.46. The normalized spacial score (nSPS) is 29.4. The van der Waals surface area contributed by atoms with Gasteiger partial charge < -0.3 is 4.74 Å². The third-order valence-electron chi connectivity index (χ3n) is 2.62. The van der Waals surface area contributed by atoms with E-state index in [0.29, 0.717) is 25.0 Å². The maximum atomic E-state index is 11.1. The van der Waals surface area contributed by atoms with Gasteiger partial charge in [0.25, 0.3) is 0 Å². The molecule has 0 amide bonds. The van der Waals surface area contributed by atoms with Gasteiger partial charge in [-0.15, -0.1) is 0 Å². The molecule has 0 bridgehead atoms. The Labute approximate surface area is 86.1 Å². The SMILES string of the molecule is CC(C)[C@@H]1COCC[C@H]1NS(C)(=O)=O. The summed E-state index contributed by atoms with van der Waals surface area (Å²) >= 11 is 0. The maximum Gasteiger partial charge on any atom is 0.208 e. The molecule has 1 aliphatic rings. The highest BCUT2D eigenvalue weighted by Gasteiger charge is 2.29. The number of hydrogen-bond donors (Lipinski definition) is 1. The Hall–Kier alpha value is -0.130. The molecule has 0 aromatic heterocycles. The largest absolute Gasteiger partial charge is 0.381 e. The molecule has 0 unspecified atom stereocenters. The first kappa shape index (κ1) is 11.9. The van der Waals surface area contributed by atoms with Crippen molar-refractivity contribution in [2.45, 2.75) is 26.3 Å². The predicted molar refractivity (Wildman–Crippen MR) is 55.5 cm³/mol. The van der Waals surface area contributed by atoms with Gasteiger partial charge in [-0.3, -0.25) is 0 Å². The van der Waals surface area contributed by atoms with E-state index in [-0.39, 0.29) is 6.04 Å². The lowest BCUT2D eigenvalue weighted by atomic mass is 9.87. The number of hydrogen-bond acceptors (Lipinski definition) is 3. The summed E-state index contributed by atoms with van der Waals surface area (Å²) in [5.41, 5.74) is 0. The van der Waals surface area contributed by atoms with Crippen LogP contribution in [0.2, 0.25) is 0 Å². The van der Waals surface area contributed by atoms with E-state index in [9.17, 15) is 8.42 Å². The number of sulfonamides is 1. The Bertz CT molecular complexity index is 274. The Balaban J connectivity index is 2.63. The van der Waals surface area contributed by atoms with E-state index in [4.69, 9.17) is 4.74 Å². The van der Waals surface area contributed by atoms with Crippen molar-refractivity contribution in [3.05, 3.63) is 0 Å². The van der Waals surface area contributed by atoms with Crippen LogP contribution < -0.4 is 4.72 Å². The minimum atomic E-state index is -3.10. The smallest absolute Gasteiger partial charge is 0.208 e. The van der Waals surface area contributed by atoms with Crippen molar-refractivity contribution in [3.8, 4) is 0 Å². The second kappa shape index (κ2) is 4.59. The van der Waals surface area contributed by atoms with Gasteiger partial charge in [-0.2, -0.15) is 0 Å². The van der Waals surface area contributed by atoms with Gasteiger partial charge in [-0.1, -0.05) is 13.8 Å². The molecule has 1 N–H and O–H groups in total. The van der Waals surface area contributed by atoms with E-state index in [1.54, 1.807) is 0 Å². The van der Waals surface area contributed by atoms with Crippen LogP contribution in [0, 0.1) is 11.8 Å². The van der Waals surface area contributed by atoms with Crippen LogP contribution in [0.15, 0.2) is 0 Å². The number of nitrogens with one attached hydrogen (secondary N) is 1. The van der Waals surface area contributed by atoms with Crippen LogP contribution in [-0.4, -0.2) is 33.9 Å². The summed E-state index contributed by atoms with van der Waals surface area (Å²) < 4.78 is 30.3. The molecule has 1 saturated heterocycles. The highest BCUT2D eigenvalue weighted by molar-refractivity contribution is 7.88. The van der Waals surface area contributed by atoms with Gasteiger partial charge in [-0.25, -0.2) is 13.1 Å². The van der Waals surface area contributed by atoms with Gasteiger partial charge in [0.1, 0.15) is 0 Å². The van der Waals surface area contributed by atoms with E-state index in [1.165, 1.54) is 6.26 Å². The second-order valence-corrected chi connectivity index (χ2v) is 6.05. The third-order valence-corrected chi connectivity index (χ3v) is 3.35.